The number of aromatic nitrogens is 2. The summed E-state index contributed by atoms with van der Waals surface area (Å²) in [6.07, 6.45) is 9.22. The summed E-state index contributed by atoms with van der Waals surface area (Å²) in [7, 11) is 0. The van der Waals surface area contributed by atoms with Crippen molar-refractivity contribution >= 4 is 50.5 Å². The van der Waals surface area contributed by atoms with Gasteiger partial charge in [-0.3, -0.25) is 9.20 Å². The van der Waals surface area contributed by atoms with Gasteiger partial charge in [0.2, 0.25) is 0 Å². The van der Waals surface area contributed by atoms with Gasteiger partial charge in [-0.1, -0.05) is 0 Å². The van der Waals surface area contributed by atoms with Gasteiger partial charge in [-0.25, -0.2) is 4.98 Å². The van der Waals surface area contributed by atoms with Crippen molar-refractivity contribution in [2.24, 2.45) is 4.99 Å². The molecule has 0 saturated carbocycles. The summed E-state index contributed by atoms with van der Waals surface area (Å²) in [6.45, 7) is 1.99. The minimum absolute atomic E-state index is 0.152. The van der Waals surface area contributed by atoms with Crippen molar-refractivity contribution in [1.82, 2.24) is 14.3 Å². The van der Waals surface area contributed by atoms with E-state index in [1.807, 2.05) is 28.8 Å². The lowest BCUT2D eigenvalue weighted by Gasteiger charge is -2.27. The van der Waals surface area contributed by atoms with E-state index in [1.165, 1.54) is 31.0 Å². The maximum Gasteiger partial charge on any atom is 0.286 e. The first-order valence-electron chi connectivity index (χ1n) is 7.61. The maximum absolute atomic E-state index is 12.2. The molecule has 1 saturated heterocycles. The van der Waals surface area contributed by atoms with Gasteiger partial charge in [0.25, 0.3) is 5.91 Å². The number of imidazole rings is 1. The third-order valence-corrected chi connectivity index (χ3v) is 5.53. The highest BCUT2D eigenvalue weighted by Crippen LogP contribution is 2.31. The Bertz CT molecular complexity index is 836. The van der Waals surface area contributed by atoms with Crippen LogP contribution >= 0.6 is 27.7 Å². The second-order valence-electron chi connectivity index (χ2n) is 5.62. The Balaban J connectivity index is 1.61. The number of carbonyl (C=O) groups excluding carboxylic acids is 1. The lowest BCUT2D eigenvalue weighted by atomic mass is 10.1. The Labute approximate surface area is 146 Å². The van der Waals surface area contributed by atoms with Gasteiger partial charge in [-0.2, -0.15) is 4.99 Å². The average Bonchev–Trinajstić information content (AvgIpc) is 3.13. The first-order chi connectivity index (χ1) is 11.2. The summed E-state index contributed by atoms with van der Waals surface area (Å²) in [6, 6.07) is 3.89. The molecule has 0 radical (unpaired) electrons. The molecule has 2 aliphatic heterocycles. The lowest BCUT2D eigenvalue weighted by molar-refractivity contribution is -0.113. The molecule has 1 amide bonds. The van der Waals surface area contributed by atoms with E-state index in [0.717, 1.165) is 34.1 Å². The molecule has 0 N–H and O–H groups in total. The molecule has 0 bridgehead atoms. The monoisotopic (exact) mass is 390 g/mol. The molecular formula is C16H15BrN4OS. The van der Waals surface area contributed by atoms with Gasteiger partial charge >= 0.3 is 0 Å². The van der Waals surface area contributed by atoms with Gasteiger partial charge in [-0.15, -0.1) is 0 Å². The Morgan fingerprint density at radius 2 is 2.04 bits per heavy atom. The third kappa shape index (κ3) is 2.95. The van der Waals surface area contributed by atoms with Crippen LogP contribution in [0.25, 0.3) is 11.7 Å². The molecule has 5 nitrogen and oxygen atoms in total. The highest BCUT2D eigenvalue weighted by Gasteiger charge is 2.27. The number of piperidine rings is 1. The third-order valence-electron chi connectivity index (χ3n) is 4.01. The number of halogens is 1. The summed E-state index contributed by atoms with van der Waals surface area (Å²) in [5.41, 5.74) is 1.74. The van der Waals surface area contributed by atoms with E-state index in [-0.39, 0.29) is 5.91 Å². The quantitative estimate of drug-likeness (QED) is 0.698. The molecule has 0 atom stereocenters. The summed E-state index contributed by atoms with van der Waals surface area (Å²) in [5, 5.41) is 0.843. The number of nitrogens with zero attached hydrogens (tertiary/aromatic N) is 4. The normalized spacial score (nSPS) is 20.6. The second kappa shape index (κ2) is 6.13. The highest BCUT2D eigenvalue weighted by atomic mass is 79.9. The summed E-state index contributed by atoms with van der Waals surface area (Å²) < 4.78 is 2.93. The van der Waals surface area contributed by atoms with E-state index in [9.17, 15) is 4.79 Å². The number of hydrogen-bond donors (Lipinski definition) is 0. The molecule has 0 unspecified atom stereocenters. The zero-order chi connectivity index (χ0) is 15.8. The number of likely N-dealkylation sites (tertiary alicyclic amines) is 1. The van der Waals surface area contributed by atoms with Crippen molar-refractivity contribution in [3.8, 4) is 0 Å². The summed E-state index contributed by atoms with van der Waals surface area (Å²) in [4.78, 5) is 23.7. The maximum atomic E-state index is 12.2. The Morgan fingerprint density at radius 3 is 2.87 bits per heavy atom. The molecule has 0 aliphatic carbocycles. The van der Waals surface area contributed by atoms with Gasteiger partial charge in [-0.05, 0) is 65.2 Å². The van der Waals surface area contributed by atoms with Gasteiger partial charge in [0, 0.05) is 23.8 Å². The van der Waals surface area contributed by atoms with Crippen LogP contribution in [0.1, 0.15) is 25.0 Å². The summed E-state index contributed by atoms with van der Waals surface area (Å²) in [5.74, 6) is -0.152. The number of hydrogen-bond acceptors (Lipinski definition) is 4. The minimum Gasteiger partial charge on any atom is -0.351 e. The van der Waals surface area contributed by atoms with Gasteiger partial charge in [0.15, 0.2) is 5.17 Å². The van der Waals surface area contributed by atoms with Crippen molar-refractivity contribution in [1.29, 1.82) is 0 Å². The fourth-order valence-electron chi connectivity index (χ4n) is 2.83. The molecular weight excluding hydrogens is 376 g/mol. The van der Waals surface area contributed by atoms with Crippen molar-refractivity contribution in [3.63, 3.8) is 0 Å². The smallest absolute Gasteiger partial charge is 0.286 e. The molecule has 7 heteroatoms. The van der Waals surface area contributed by atoms with Crippen LogP contribution < -0.4 is 0 Å². The Hall–Kier alpha value is -1.60. The molecule has 0 aromatic carbocycles. The van der Waals surface area contributed by atoms with Crippen molar-refractivity contribution in [2.45, 2.75) is 19.3 Å². The van der Waals surface area contributed by atoms with Crippen LogP contribution in [0.3, 0.4) is 0 Å². The molecule has 2 aliphatic rings. The standard InChI is InChI=1S/C16H15BrN4OS/c17-11-4-5-14-18-9-12(21(14)10-11)8-13-15(22)19-16(23-13)20-6-2-1-3-7-20/h4-5,8-10H,1-3,6-7H2/b13-8-. The Morgan fingerprint density at radius 1 is 1.22 bits per heavy atom. The molecule has 1 fully saturated rings. The van der Waals surface area contributed by atoms with Gasteiger partial charge in [0.1, 0.15) is 5.65 Å². The molecule has 4 heterocycles. The number of amidine groups is 1. The molecule has 2 aromatic heterocycles. The number of carbonyl (C=O) groups is 1. The molecule has 0 spiro atoms. The first-order valence-corrected chi connectivity index (χ1v) is 9.22. The van der Waals surface area contributed by atoms with Crippen LogP contribution in [0, 0.1) is 0 Å². The fourth-order valence-corrected chi connectivity index (χ4v) is 4.12. The zero-order valence-electron chi connectivity index (χ0n) is 12.4. The van der Waals surface area contributed by atoms with Crippen molar-refractivity contribution < 1.29 is 4.79 Å². The number of fused-ring (bicyclic) bond motifs is 1. The van der Waals surface area contributed by atoms with Gasteiger partial charge < -0.3 is 4.90 Å². The van der Waals surface area contributed by atoms with E-state index in [0.29, 0.717) is 4.91 Å². The molecule has 4 rings (SSSR count). The van der Waals surface area contributed by atoms with Crippen LogP contribution in [-0.4, -0.2) is 38.4 Å². The van der Waals surface area contributed by atoms with Gasteiger partial charge in [0.05, 0.1) is 16.8 Å². The minimum atomic E-state index is -0.152. The topological polar surface area (TPSA) is 50.0 Å². The predicted molar refractivity (Wildman–Crippen MR) is 96.3 cm³/mol. The zero-order valence-corrected chi connectivity index (χ0v) is 14.8. The molecule has 23 heavy (non-hydrogen) atoms. The van der Waals surface area contributed by atoms with E-state index in [2.05, 4.69) is 30.8 Å². The number of pyridine rings is 1. The van der Waals surface area contributed by atoms with E-state index in [1.54, 1.807) is 6.20 Å². The average molecular weight is 391 g/mol. The van der Waals surface area contributed by atoms with Crippen LogP contribution in [0.15, 0.2) is 38.9 Å². The van der Waals surface area contributed by atoms with Crippen molar-refractivity contribution in [2.75, 3.05) is 13.1 Å². The predicted octanol–water partition coefficient (Wildman–Crippen LogP) is 3.55. The molecule has 118 valence electrons. The SMILES string of the molecule is O=C1N=C(N2CCCCC2)S/C1=C\c1cnc2ccc(Br)cn12. The van der Waals surface area contributed by atoms with E-state index < -0.39 is 0 Å². The second-order valence-corrected chi connectivity index (χ2v) is 7.54. The Kier molecular flexibility index (Phi) is 3.98. The summed E-state index contributed by atoms with van der Waals surface area (Å²) >= 11 is 4.94. The fraction of sp³-hybridized carbons (Fsp3) is 0.312. The van der Waals surface area contributed by atoms with Crippen LogP contribution in [-0.2, 0) is 4.79 Å². The number of thioether (sulfide) groups is 1. The van der Waals surface area contributed by atoms with Crippen LogP contribution in [0.4, 0.5) is 0 Å². The lowest BCUT2D eigenvalue weighted by Crippen LogP contribution is -2.33. The van der Waals surface area contributed by atoms with E-state index in [4.69, 9.17) is 0 Å². The highest BCUT2D eigenvalue weighted by molar-refractivity contribution is 9.10. The number of rotatable bonds is 1. The van der Waals surface area contributed by atoms with Crippen LogP contribution in [0.5, 0.6) is 0 Å². The molecule has 2 aromatic rings. The van der Waals surface area contributed by atoms with Crippen LogP contribution in [0.2, 0.25) is 0 Å². The first kappa shape index (κ1) is 15.0. The van der Waals surface area contributed by atoms with E-state index >= 15 is 0 Å². The largest absolute Gasteiger partial charge is 0.351 e. The van der Waals surface area contributed by atoms with Crippen molar-refractivity contribution in [3.05, 3.63) is 39.6 Å². The number of amides is 1. The number of aliphatic imine (C=N–C) groups is 1.